The van der Waals surface area contributed by atoms with Crippen LogP contribution in [-0.4, -0.2) is 27.6 Å². The molecule has 0 bridgehead atoms. The minimum Gasteiger partial charge on any atom is -0.381 e. The summed E-state index contributed by atoms with van der Waals surface area (Å²) >= 11 is 5.50. The van der Waals surface area contributed by atoms with Crippen LogP contribution in [0.25, 0.3) is 5.69 Å². The van der Waals surface area contributed by atoms with Crippen molar-refractivity contribution in [3.63, 3.8) is 0 Å². The van der Waals surface area contributed by atoms with Gasteiger partial charge in [-0.15, -0.1) is 0 Å². The van der Waals surface area contributed by atoms with Crippen LogP contribution in [0.1, 0.15) is 12.8 Å². The number of nitrogens with zero attached hydrogens (tertiary/aromatic N) is 3. The maximum Gasteiger partial charge on any atom is 0.204 e. The molecular formula is C13H16N4OS. The average Bonchev–Trinajstić information content (AvgIpc) is 2.83. The molecule has 1 aliphatic heterocycles. The Morgan fingerprint density at radius 3 is 2.58 bits per heavy atom. The lowest BCUT2D eigenvalue weighted by atomic mass is 10.0. The molecule has 19 heavy (non-hydrogen) atoms. The first-order valence-corrected chi connectivity index (χ1v) is 6.71. The quantitative estimate of drug-likeness (QED) is 0.850. The van der Waals surface area contributed by atoms with Crippen molar-refractivity contribution in [1.29, 1.82) is 0 Å². The summed E-state index contributed by atoms with van der Waals surface area (Å²) in [6.45, 7) is 1.30. The number of rotatable bonds is 2. The van der Waals surface area contributed by atoms with E-state index in [2.05, 4.69) is 5.10 Å². The minimum absolute atomic E-state index is 0.532. The van der Waals surface area contributed by atoms with Gasteiger partial charge in [-0.25, -0.2) is 4.68 Å². The van der Waals surface area contributed by atoms with Gasteiger partial charge in [0.25, 0.3) is 0 Å². The van der Waals surface area contributed by atoms with Gasteiger partial charge in [-0.2, -0.15) is 5.10 Å². The Kier molecular flexibility index (Phi) is 3.22. The van der Waals surface area contributed by atoms with Gasteiger partial charge in [0.2, 0.25) is 4.77 Å². The minimum atomic E-state index is -0.532. The summed E-state index contributed by atoms with van der Waals surface area (Å²) in [5.41, 5.74) is 6.88. The van der Waals surface area contributed by atoms with Crippen molar-refractivity contribution in [3.8, 4) is 5.69 Å². The molecule has 0 aliphatic carbocycles. The highest BCUT2D eigenvalue weighted by molar-refractivity contribution is 7.71. The maximum atomic E-state index is 6.41. The van der Waals surface area contributed by atoms with Crippen molar-refractivity contribution in [1.82, 2.24) is 14.3 Å². The Hall–Kier alpha value is -1.50. The van der Waals surface area contributed by atoms with Gasteiger partial charge in [0.1, 0.15) is 12.0 Å². The van der Waals surface area contributed by atoms with E-state index in [-0.39, 0.29) is 0 Å². The molecule has 2 N–H and O–H groups in total. The zero-order valence-corrected chi connectivity index (χ0v) is 11.3. The third-order valence-corrected chi connectivity index (χ3v) is 3.85. The van der Waals surface area contributed by atoms with E-state index in [1.807, 2.05) is 34.9 Å². The molecule has 2 heterocycles. The number of aromatic nitrogens is 3. The lowest BCUT2D eigenvalue weighted by molar-refractivity contribution is 0.0171. The first kappa shape index (κ1) is 12.5. The van der Waals surface area contributed by atoms with Crippen LogP contribution >= 0.6 is 12.2 Å². The normalized spacial score (nSPS) is 18.4. The predicted molar refractivity (Wildman–Crippen MR) is 74.6 cm³/mol. The monoisotopic (exact) mass is 276 g/mol. The van der Waals surface area contributed by atoms with E-state index in [1.165, 1.54) is 0 Å². The van der Waals surface area contributed by atoms with Crippen LogP contribution in [0.15, 0.2) is 36.7 Å². The van der Waals surface area contributed by atoms with Crippen LogP contribution in [0.3, 0.4) is 0 Å². The van der Waals surface area contributed by atoms with Crippen LogP contribution < -0.4 is 5.73 Å². The molecule has 1 saturated heterocycles. The standard InChI is InChI=1S/C13H16N4OS/c14-13(6-8-18-9-7-13)17-12(19)16(10-15-17)11-4-2-1-3-5-11/h1-5,10H,6-9,14H2. The molecule has 6 heteroatoms. The second-order valence-electron chi connectivity index (χ2n) is 4.75. The molecule has 5 nitrogen and oxygen atoms in total. The molecule has 0 radical (unpaired) electrons. The zero-order valence-electron chi connectivity index (χ0n) is 10.5. The molecule has 3 rings (SSSR count). The first-order chi connectivity index (χ1) is 9.21. The van der Waals surface area contributed by atoms with E-state index in [1.54, 1.807) is 11.0 Å². The Bertz CT molecular complexity index is 613. The molecule has 1 aliphatic rings. The van der Waals surface area contributed by atoms with E-state index >= 15 is 0 Å². The van der Waals surface area contributed by atoms with Gasteiger partial charge in [0.15, 0.2) is 0 Å². The molecule has 100 valence electrons. The van der Waals surface area contributed by atoms with Crippen molar-refractivity contribution in [2.24, 2.45) is 5.73 Å². The SMILES string of the molecule is NC1(n2ncn(-c3ccccc3)c2=S)CCOCC1. The topological polar surface area (TPSA) is 58.0 Å². The van der Waals surface area contributed by atoms with E-state index in [0.29, 0.717) is 18.0 Å². The number of nitrogens with two attached hydrogens (primary N) is 1. The molecule has 0 spiro atoms. The Morgan fingerprint density at radius 2 is 1.89 bits per heavy atom. The molecule has 2 aromatic rings. The maximum absolute atomic E-state index is 6.41. The molecule has 1 aromatic heterocycles. The van der Waals surface area contributed by atoms with Crippen LogP contribution in [0.2, 0.25) is 0 Å². The third-order valence-electron chi connectivity index (χ3n) is 3.48. The van der Waals surface area contributed by atoms with Gasteiger partial charge < -0.3 is 10.5 Å². The fourth-order valence-electron chi connectivity index (χ4n) is 2.31. The molecule has 1 fully saturated rings. The molecule has 1 aromatic carbocycles. The Morgan fingerprint density at radius 1 is 1.21 bits per heavy atom. The Balaban J connectivity index is 2.02. The largest absolute Gasteiger partial charge is 0.381 e. The number of hydrogen-bond acceptors (Lipinski definition) is 4. The lowest BCUT2D eigenvalue weighted by Crippen LogP contribution is -2.48. The van der Waals surface area contributed by atoms with Gasteiger partial charge in [-0.1, -0.05) is 18.2 Å². The van der Waals surface area contributed by atoms with E-state index in [0.717, 1.165) is 18.5 Å². The molecule has 0 amide bonds. The van der Waals surface area contributed by atoms with Gasteiger partial charge >= 0.3 is 0 Å². The number of para-hydroxylation sites is 1. The summed E-state index contributed by atoms with van der Waals surface area (Å²) < 4.78 is 9.60. The van der Waals surface area contributed by atoms with Gasteiger partial charge in [-0.3, -0.25) is 4.57 Å². The van der Waals surface area contributed by atoms with E-state index < -0.39 is 5.66 Å². The molecular weight excluding hydrogens is 260 g/mol. The summed E-state index contributed by atoms with van der Waals surface area (Å²) in [4.78, 5) is 0. The smallest absolute Gasteiger partial charge is 0.204 e. The van der Waals surface area contributed by atoms with Crippen molar-refractivity contribution >= 4 is 12.2 Å². The average molecular weight is 276 g/mol. The number of ether oxygens (including phenoxy) is 1. The van der Waals surface area contributed by atoms with Gasteiger partial charge in [-0.05, 0) is 24.4 Å². The van der Waals surface area contributed by atoms with Crippen molar-refractivity contribution in [2.75, 3.05) is 13.2 Å². The van der Waals surface area contributed by atoms with Gasteiger partial charge in [0.05, 0.1) is 13.2 Å². The predicted octanol–water partition coefficient (Wildman–Crippen LogP) is 1.83. The van der Waals surface area contributed by atoms with Crippen molar-refractivity contribution in [2.45, 2.75) is 18.5 Å². The van der Waals surface area contributed by atoms with Gasteiger partial charge in [0, 0.05) is 18.5 Å². The zero-order chi connectivity index (χ0) is 13.3. The second-order valence-corrected chi connectivity index (χ2v) is 5.11. The number of benzene rings is 1. The molecule has 0 atom stereocenters. The fraction of sp³-hybridized carbons (Fsp3) is 0.385. The summed E-state index contributed by atoms with van der Waals surface area (Å²) in [5.74, 6) is 0. The highest BCUT2D eigenvalue weighted by atomic mass is 32.1. The Labute approximate surface area is 116 Å². The third kappa shape index (κ3) is 2.22. The lowest BCUT2D eigenvalue weighted by Gasteiger charge is -2.33. The first-order valence-electron chi connectivity index (χ1n) is 6.30. The highest BCUT2D eigenvalue weighted by Crippen LogP contribution is 2.23. The summed E-state index contributed by atoms with van der Waals surface area (Å²) in [6, 6.07) is 9.91. The number of hydrogen-bond donors (Lipinski definition) is 1. The van der Waals surface area contributed by atoms with E-state index in [4.69, 9.17) is 22.7 Å². The van der Waals surface area contributed by atoms with Crippen LogP contribution in [-0.2, 0) is 10.4 Å². The van der Waals surface area contributed by atoms with Crippen LogP contribution in [0.5, 0.6) is 0 Å². The summed E-state index contributed by atoms with van der Waals surface area (Å²) in [6.07, 6.45) is 3.18. The molecule has 0 unspecified atom stereocenters. The summed E-state index contributed by atoms with van der Waals surface area (Å²) in [7, 11) is 0. The van der Waals surface area contributed by atoms with Crippen molar-refractivity contribution < 1.29 is 4.74 Å². The van der Waals surface area contributed by atoms with Crippen LogP contribution in [0.4, 0.5) is 0 Å². The fourth-order valence-corrected chi connectivity index (χ4v) is 2.69. The summed E-state index contributed by atoms with van der Waals surface area (Å²) in [5, 5.41) is 4.38. The van der Waals surface area contributed by atoms with E-state index in [9.17, 15) is 0 Å². The molecule has 0 saturated carbocycles. The van der Waals surface area contributed by atoms with Crippen LogP contribution in [0, 0.1) is 4.77 Å². The second kappa shape index (κ2) is 4.88. The highest BCUT2D eigenvalue weighted by Gasteiger charge is 2.32. The van der Waals surface area contributed by atoms with Crippen molar-refractivity contribution in [3.05, 3.63) is 41.4 Å².